The van der Waals surface area contributed by atoms with Crippen molar-refractivity contribution in [2.24, 2.45) is 0 Å². The molecule has 4 bridgehead atoms. The lowest BCUT2D eigenvalue weighted by Crippen LogP contribution is -2.70. The SMILES string of the molecule is COc1cc2c(cc1O)CCN[C@]21CS[C@@H]2c3c(OC(C)=O)c(C)c4c(c3[C@H](COC1=O)N1C(O)[C@H]3Cc5cc(C)c(OC)c(O)c5[C@@H](C21)N3C)OCO4. The fraction of sp³-hybridized carbons (Fsp3) is 0.487. The Morgan fingerprint density at radius 1 is 1.02 bits per heavy atom. The normalized spacial score (nSPS) is 29.4. The summed E-state index contributed by atoms with van der Waals surface area (Å²) < 4.78 is 35.9. The molecule has 7 aliphatic rings. The highest BCUT2D eigenvalue weighted by Crippen LogP contribution is 2.64. The van der Waals surface area contributed by atoms with Gasteiger partial charge < -0.3 is 43.7 Å². The van der Waals surface area contributed by atoms with Crippen molar-refractivity contribution < 1.29 is 53.3 Å². The van der Waals surface area contributed by atoms with Gasteiger partial charge in [0, 0.05) is 47.5 Å². The Hall–Kier alpha value is -4.41. The number of likely N-dealkylation sites (N-methyl/N-ethyl adjacent to an activating group) is 1. The minimum absolute atomic E-state index is 0.0226. The van der Waals surface area contributed by atoms with Crippen LogP contribution >= 0.6 is 11.8 Å². The quantitative estimate of drug-likeness (QED) is 0.226. The molecule has 7 heterocycles. The molecule has 4 N–H and O–H groups in total. The summed E-state index contributed by atoms with van der Waals surface area (Å²) in [5.41, 5.74) is 4.36. The first-order valence-electron chi connectivity index (χ1n) is 18.1. The van der Waals surface area contributed by atoms with Crippen molar-refractivity contribution >= 4 is 23.7 Å². The van der Waals surface area contributed by atoms with Crippen LogP contribution in [-0.4, -0.2) is 102 Å². The van der Waals surface area contributed by atoms with Crippen molar-refractivity contribution in [2.75, 3.05) is 47.0 Å². The molecule has 10 rings (SSSR count). The molecule has 3 aromatic rings. The van der Waals surface area contributed by atoms with Crippen LogP contribution in [0.2, 0.25) is 0 Å². The van der Waals surface area contributed by atoms with E-state index in [0.717, 1.165) is 16.7 Å². The zero-order valence-corrected chi connectivity index (χ0v) is 31.7. The maximum atomic E-state index is 14.7. The first-order valence-corrected chi connectivity index (χ1v) is 19.1. The average molecular weight is 762 g/mol. The Kier molecular flexibility index (Phi) is 8.21. The predicted octanol–water partition coefficient (Wildman–Crippen LogP) is 3.41. The van der Waals surface area contributed by atoms with Crippen LogP contribution in [0.25, 0.3) is 0 Å². The van der Waals surface area contributed by atoms with Crippen molar-refractivity contribution in [1.29, 1.82) is 0 Å². The van der Waals surface area contributed by atoms with Gasteiger partial charge in [-0.15, -0.1) is 11.8 Å². The second-order valence-corrected chi connectivity index (χ2v) is 16.1. The number of nitrogens with zero attached hydrogens (tertiary/aromatic N) is 2. The fourth-order valence-electron chi connectivity index (χ4n) is 10.00. The van der Waals surface area contributed by atoms with E-state index in [0.29, 0.717) is 70.2 Å². The Morgan fingerprint density at radius 2 is 1.80 bits per heavy atom. The number of aromatic hydroxyl groups is 2. The number of carbonyl (C=O) groups excluding carboxylic acids is 2. The highest BCUT2D eigenvalue weighted by atomic mass is 32.2. The zero-order valence-electron chi connectivity index (χ0n) is 30.8. The first-order chi connectivity index (χ1) is 25.9. The molecule has 286 valence electrons. The molecule has 2 saturated heterocycles. The lowest BCUT2D eigenvalue weighted by Gasteiger charge is -2.62. The lowest BCUT2D eigenvalue weighted by molar-refractivity contribution is -0.186. The molecule has 14 nitrogen and oxygen atoms in total. The topological polar surface area (TPSA) is 169 Å². The number of aryl methyl sites for hydroxylation is 1. The Bertz CT molecular complexity index is 2130. The van der Waals surface area contributed by atoms with E-state index in [2.05, 4.69) is 10.2 Å². The Balaban J connectivity index is 1.32. The summed E-state index contributed by atoms with van der Waals surface area (Å²) in [6.07, 6.45) is -0.0282. The largest absolute Gasteiger partial charge is 0.504 e. The summed E-state index contributed by atoms with van der Waals surface area (Å²) in [5, 5.41) is 38.2. The van der Waals surface area contributed by atoms with E-state index in [9.17, 15) is 24.9 Å². The van der Waals surface area contributed by atoms with Crippen LogP contribution in [0.15, 0.2) is 18.2 Å². The molecule has 1 spiro atoms. The molecular formula is C39H43N3O11S. The van der Waals surface area contributed by atoms with Crippen LogP contribution < -0.4 is 29.0 Å². The summed E-state index contributed by atoms with van der Waals surface area (Å²) in [6.45, 7) is 5.26. The minimum Gasteiger partial charge on any atom is -0.504 e. The maximum absolute atomic E-state index is 14.7. The number of phenolic OH excluding ortho intramolecular Hbond substituents is 2. The number of piperazine rings is 1. The smallest absolute Gasteiger partial charge is 0.331 e. The molecule has 3 aromatic carbocycles. The molecular weight excluding hydrogens is 719 g/mol. The van der Waals surface area contributed by atoms with E-state index in [4.69, 9.17) is 28.4 Å². The van der Waals surface area contributed by atoms with E-state index >= 15 is 0 Å². The second kappa shape index (κ2) is 12.6. The van der Waals surface area contributed by atoms with Gasteiger partial charge in [0.2, 0.25) is 6.79 Å². The van der Waals surface area contributed by atoms with Crippen molar-refractivity contribution in [2.45, 2.75) is 74.8 Å². The molecule has 0 aliphatic carbocycles. The molecule has 15 heteroatoms. The van der Waals surface area contributed by atoms with Gasteiger partial charge in [-0.05, 0) is 68.1 Å². The number of esters is 2. The number of rotatable bonds is 3. The number of benzene rings is 3. The Morgan fingerprint density at radius 3 is 2.54 bits per heavy atom. The Labute approximate surface area is 316 Å². The number of fused-ring (bicyclic) bond motifs is 9. The summed E-state index contributed by atoms with van der Waals surface area (Å²) in [4.78, 5) is 31.7. The number of aliphatic hydroxyl groups excluding tert-OH is 1. The summed E-state index contributed by atoms with van der Waals surface area (Å²) in [7, 11) is 4.96. The third kappa shape index (κ3) is 4.74. The summed E-state index contributed by atoms with van der Waals surface area (Å²) in [5.74, 6) is 0.949. The predicted molar refractivity (Wildman–Crippen MR) is 195 cm³/mol. The van der Waals surface area contributed by atoms with Crippen molar-refractivity contribution in [3.05, 3.63) is 62.7 Å². The van der Waals surface area contributed by atoms with Crippen molar-refractivity contribution in [3.8, 4) is 40.2 Å². The highest BCUT2D eigenvalue weighted by Gasteiger charge is 2.61. The van der Waals surface area contributed by atoms with Gasteiger partial charge in [0.05, 0.1) is 37.6 Å². The van der Waals surface area contributed by atoms with Gasteiger partial charge >= 0.3 is 11.9 Å². The standard InChI is InChI=1S/C39H43N3O11S/c1-16-9-20-10-22-37(46)42-23-13-50-38(47)39(21-12-25(48-5)24(44)11-19(21)7-8-40-39)14-54-36(30(42)29(41(22)4)26(20)31(45)32(16)49-6)28-27(23)35-34(51-15-52-35)17(2)33(28)53-18(3)43/h9,11-12,22-23,29-30,36-37,40,44-46H,7-8,10,13-15H2,1-6H3/t22-,23+,29+,30?,36-,37?,39-/m1/s1. The number of thioether (sulfide) groups is 1. The van der Waals surface area contributed by atoms with E-state index < -0.39 is 47.1 Å². The van der Waals surface area contributed by atoms with E-state index in [-0.39, 0.29) is 42.4 Å². The van der Waals surface area contributed by atoms with Gasteiger partial charge in [-0.25, -0.2) is 4.79 Å². The number of hydrogen-bond acceptors (Lipinski definition) is 15. The lowest BCUT2D eigenvalue weighted by atomic mass is 9.73. The van der Waals surface area contributed by atoms with Gasteiger partial charge in [0.15, 0.2) is 40.0 Å². The molecule has 0 saturated carbocycles. The van der Waals surface area contributed by atoms with Crippen LogP contribution in [-0.2, 0) is 32.7 Å². The monoisotopic (exact) mass is 761 g/mol. The molecule has 2 fully saturated rings. The van der Waals surface area contributed by atoms with Crippen molar-refractivity contribution in [3.63, 3.8) is 0 Å². The molecule has 54 heavy (non-hydrogen) atoms. The van der Waals surface area contributed by atoms with Crippen LogP contribution in [0.1, 0.15) is 68.8 Å². The maximum Gasteiger partial charge on any atom is 0.331 e. The first kappa shape index (κ1) is 35.3. The molecule has 0 aromatic heterocycles. The van der Waals surface area contributed by atoms with Gasteiger partial charge in [0.1, 0.15) is 18.6 Å². The number of phenols is 2. The molecule has 0 amide bonds. The number of aliphatic hydroxyl groups is 1. The second-order valence-electron chi connectivity index (χ2n) is 14.9. The molecule has 7 aliphatic heterocycles. The highest BCUT2D eigenvalue weighted by molar-refractivity contribution is 7.99. The molecule has 0 radical (unpaired) electrons. The third-order valence-electron chi connectivity index (χ3n) is 12.3. The van der Waals surface area contributed by atoms with Crippen LogP contribution in [0.3, 0.4) is 0 Å². The average Bonchev–Trinajstić information content (AvgIpc) is 3.63. The number of nitrogens with one attached hydrogen (secondary N) is 1. The van der Waals surface area contributed by atoms with Gasteiger partial charge in [-0.2, -0.15) is 0 Å². The third-order valence-corrected chi connectivity index (χ3v) is 13.7. The zero-order chi connectivity index (χ0) is 38.0. The van der Waals surface area contributed by atoms with Crippen LogP contribution in [0.4, 0.5) is 0 Å². The number of carbonyl (C=O) groups is 2. The van der Waals surface area contributed by atoms with E-state index in [1.165, 1.54) is 32.9 Å². The molecule has 2 unspecified atom stereocenters. The molecule has 7 atom stereocenters. The van der Waals surface area contributed by atoms with Crippen LogP contribution in [0.5, 0.6) is 40.2 Å². The number of hydrogen-bond donors (Lipinski definition) is 4. The van der Waals surface area contributed by atoms with E-state index in [1.807, 2.05) is 31.9 Å². The van der Waals surface area contributed by atoms with E-state index in [1.54, 1.807) is 12.1 Å². The van der Waals surface area contributed by atoms with Crippen molar-refractivity contribution in [1.82, 2.24) is 15.1 Å². The number of methoxy groups -OCH3 is 2. The van der Waals surface area contributed by atoms with Crippen LogP contribution in [0, 0.1) is 13.8 Å². The summed E-state index contributed by atoms with van der Waals surface area (Å²) >= 11 is 1.47. The van der Waals surface area contributed by atoms with Gasteiger partial charge in [-0.1, -0.05) is 6.07 Å². The van der Waals surface area contributed by atoms with Gasteiger partial charge in [-0.3, -0.25) is 19.9 Å². The van der Waals surface area contributed by atoms with Gasteiger partial charge in [0.25, 0.3) is 0 Å². The number of ether oxygens (including phenoxy) is 6. The minimum atomic E-state index is -1.36. The summed E-state index contributed by atoms with van der Waals surface area (Å²) in [6, 6.07) is 3.13. The fourth-order valence-corrected chi connectivity index (χ4v) is 11.7.